The Morgan fingerprint density at radius 2 is 1.95 bits per heavy atom. The zero-order valence-corrected chi connectivity index (χ0v) is 12.7. The fraction of sp³-hybridized carbons (Fsp3) is 0.250. The van der Waals surface area contributed by atoms with Gasteiger partial charge in [-0.1, -0.05) is 12.1 Å². The van der Waals surface area contributed by atoms with Crippen LogP contribution in [0.25, 0.3) is 16.8 Å². The van der Waals surface area contributed by atoms with Crippen molar-refractivity contribution >= 4 is 5.65 Å². The van der Waals surface area contributed by atoms with Crippen molar-refractivity contribution in [3.8, 4) is 16.9 Å². The molecular weight excluding hydrogens is 282 g/mol. The highest BCUT2D eigenvalue weighted by molar-refractivity contribution is 5.80. The van der Waals surface area contributed by atoms with E-state index in [-0.39, 0.29) is 5.56 Å². The second kappa shape index (κ2) is 5.65. The topological polar surface area (TPSA) is 68.6 Å². The Balaban J connectivity index is 2.28. The molecule has 6 nitrogen and oxygen atoms in total. The van der Waals surface area contributed by atoms with Crippen molar-refractivity contribution in [2.45, 2.75) is 13.5 Å². The molecule has 22 heavy (non-hydrogen) atoms. The first-order valence-electron chi connectivity index (χ1n) is 6.88. The van der Waals surface area contributed by atoms with Crippen LogP contribution in [0.1, 0.15) is 11.4 Å². The first kappa shape index (κ1) is 14.3. The molecule has 0 unspecified atom stereocenters. The highest BCUT2D eigenvalue weighted by atomic mass is 16.5. The second-order valence-electron chi connectivity index (χ2n) is 5.02. The van der Waals surface area contributed by atoms with Crippen molar-refractivity contribution in [2.75, 3.05) is 14.2 Å². The third kappa shape index (κ3) is 2.37. The standard InChI is InChI=1S/C16H17N3O3/c1-10-8-14(20)19-16(17-10)15(13(18-19)9-21-2)11-4-6-12(22-3)7-5-11/h4-8,18H,9H2,1-3H3. The molecule has 3 rings (SSSR count). The Morgan fingerprint density at radius 3 is 2.59 bits per heavy atom. The maximum atomic E-state index is 12.1. The zero-order chi connectivity index (χ0) is 15.7. The first-order chi connectivity index (χ1) is 10.6. The van der Waals surface area contributed by atoms with E-state index in [4.69, 9.17) is 9.47 Å². The van der Waals surface area contributed by atoms with Gasteiger partial charge in [0.2, 0.25) is 0 Å². The Bertz CT molecular complexity index is 863. The van der Waals surface area contributed by atoms with E-state index in [0.29, 0.717) is 17.9 Å². The predicted octanol–water partition coefficient (Wildman–Crippen LogP) is 2.15. The predicted molar refractivity (Wildman–Crippen MR) is 83.3 cm³/mol. The van der Waals surface area contributed by atoms with E-state index in [9.17, 15) is 4.79 Å². The van der Waals surface area contributed by atoms with Gasteiger partial charge in [-0.2, -0.15) is 0 Å². The van der Waals surface area contributed by atoms with E-state index in [2.05, 4.69) is 10.1 Å². The normalized spacial score (nSPS) is 11.0. The average Bonchev–Trinajstić information content (AvgIpc) is 2.86. The minimum atomic E-state index is -0.139. The van der Waals surface area contributed by atoms with Crippen LogP contribution < -0.4 is 10.3 Å². The van der Waals surface area contributed by atoms with Crippen LogP contribution in [0.5, 0.6) is 5.75 Å². The summed E-state index contributed by atoms with van der Waals surface area (Å²) < 4.78 is 11.9. The van der Waals surface area contributed by atoms with Crippen molar-refractivity contribution in [1.29, 1.82) is 0 Å². The van der Waals surface area contributed by atoms with Crippen LogP contribution in [-0.2, 0) is 11.3 Å². The van der Waals surface area contributed by atoms with E-state index < -0.39 is 0 Å². The molecule has 0 saturated heterocycles. The van der Waals surface area contributed by atoms with Crippen LogP contribution in [0, 0.1) is 6.92 Å². The Labute approximate surface area is 127 Å². The van der Waals surface area contributed by atoms with Crippen LogP contribution in [0.4, 0.5) is 0 Å². The van der Waals surface area contributed by atoms with Crippen LogP contribution in [0.2, 0.25) is 0 Å². The summed E-state index contributed by atoms with van der Waals surface area (Å²) in [5.41, 5.74) is 3.77. The van der Waals surface area contributed by atoms with Crippen molar-refractivity contribution in [1.82, 2.24) is 14.6 Å². The number of nitrogens with zero attached hydrogens (tertiary/aromatic N) is 2. The molecule has 0 fully saturated rings. The third-order valence-corrected chi connectivity index (χ3v) is 3.49. The molecule has 2 heterocycles. The number of aromatic amines is 1. The van der Waals surface area contributed by atoms with E-state index in [1.807, 2.05) is 31.2 Å². The summed E-state index contributed by atoms with van der Waals surface area (Å²) in [5.74, 6) is 0.776. The third-order valence-electron chi connectivity index (χ3n) is 3.49. The number of H-pyrrole nitrogens is 1. The molecule has 114 valence electrons. The second-order valence-corrected chi connectivity index (χ2v) is 5.02. The Hall–Kier alpha value is -2.60. The van der Waals surface area contributed by atoms with Gasteiger partial charge >= 0.3 is 0 Å². The lowest BCUT2D eigenvalue weighted by Gasteiger charge is -2.05. The molecular formula is C16H17N3O3. The summed E-state index contributed by atoms with van der Waals surface area (Å²) >= 11 is 0. The highest BCUT2D eigenvalue weighted by Crippen LogP contribution is 2.29. The van der Waals surface area contributed by atoms with Crippen molar-refractivity contribution in [3.63, 3.8) is 0 Å². The summed E-state index contributed by atoms with van der Waals surface area (Å²) in [6.07, 6.45) is 0. The Morgan fingerprint density at radius 1 is 1.23 bits per heavy atom. The van der Waals surface area contributed by atoms with Gasteiger partial charge < -0.3 is 9.47 Å². The minimum Gasteiger partial charge on any atom is -0.497 e. The van der Waals surface area contributed by atoms with Gasteiger partial charge in [-0.3, -0.25) is 9.89 Å². The first-order valence-corrected chi connectivity index (χ1v) is 6.88. The molecule has 0 radical (unpaired) electrons. The number of rotatable bonds is 4. The fourth-order valence-electron chi connectivity index (χ4n) is 2.51. The summed E-state index contributed by atoms with van der Waals surface area (Å²) in [6.45, 7) is 2.17. The van der Waals surface area contributed by atoms with Gasteiger partial charge in [0.15, 0.2) is 5.65 Å². The van der Waals surface area contributed by atoms with Gasteiger partial charge in [-0.25, -0.2) is 9.50 Å². The molecule has 0 aliphatic carbocycles. The number of ether oxygens (including phenoxy) is 2. The van der Waals surface area contributed by atoms with Crippen molar-refractivity contribution in [2.24, 2.45) is 0 Å². The van der Waals surface area contributed by atoms with E-state index in [0.717, 1.165) is 22.6 Å². The lowest BCUT2D eigenvalue weighted by Crippen LogP contribution is -2.14. The number of methoxy groups -OCH3 is 2. The van der Waals surface area contributed by atoms with Gasteiger partial charge in [-0.15, -0.1) is 0 Å². The fourth-order valence-corrected chi connectivity index (χ4v) is 2.51. The molecule has 6 heteroatoms. The van der Waals surface area contributed by atoms with Gasteiger partial charge in [-0.05, 0) is 24.6 Å². The molecule has 0 spiro atoms. The molecule has 0 saturated carbocycles. The molecule has 1 aromatic carbocycles. The number of aromatic nitrogens is 3. The lowest BCUT2D eigenvalue weighted by molar-refractivity contribution is 0.181. The maximum absolute atomic E-state index is 12.1. The summed E-state index contributed by atoms with van der Waals surface area (Å²) in [4.78, 5) is 16.6. The number of fused-ring (bicyclic) bond motifs is 1. The maximum Gasteiger partial charge on any atom is 0.272 e. The SMILES string of the molecule is COCc1[nH]n2c(=O)cc(C)nc2c1-c1ccc(OC)cc1. The number of hydrogen-bond donors (Lipinski definition) is 1. The largest absolute Gasteiger partial charge is 0.497 e. The minimum absolute atomic E-state index is 0.139. The quantitative estimate of drug-likeness (QED) is 0.801. The van der Waals surface area contributed by atoms with Crippen molar-refractivity contribution in [3.05, 3.63) is 52.1 Å². The summed E-state index contributed by atoms with van der Waals surface area (Å²) in [7, 11) is 3.24. The smallest absolute Gasteiger partial charge is 0.272 e. The van der Waals surface area contributed by atoms with Crippen LogP contribution in [-0.4, -0.2) is 28.8 Å². The van der Waals surface area contributed by atoms with Crippen LogP contribution in [0.15, 0.2) is 35.1 Å². The Kier molecular flexibility index (Phi) is 3.68. The lowest BCUT2D eigenvalue weighted by atomic mass is 10.1. The molecule has 2 aromatic heterocycles. The van der Waals surface area contributed by atoms with Crippen LogP contribution >= 0.6 is 0 Å². The van der Waals surface area contributed by atoms with Gasteiger partial charge in [0.1, 0.15) is 5.75 Å². The van der Waals surface area contributed by atoms with E-state index in [1.54, 1.807) is 14.2 Å². The molecule has 0 atom stereocenters. The number of nitrogens with one attached hydrogen (secondary N) is 1. The molecule has 1 N–H and O–H groups in total. The number of hydrogen-bond acceptors (Lipinski definition) is 4. The summed E-state index contributed by atoms with van der Waals surface area (Å²) in [5, 5.41) is 3.07. The van der Waals surface area contributed by atoms with Crippen LogP contribution in [0.3, 0.4) is 0 Å². The summed E-state index contributed by atoms with van der Waals surface area (Å²) in [6, 6.07) is 9.13. The van der Waals surface area contributed by atoms with E-state index in [1.165, 1.54) is 10.6 Å². The molecule has 0 bridgehead atoms. The van der Waals surface area contributed by atoms with Gasteiger partial charge in [0.25, 0.3) is 5.56 Å². The molecule has 0 amide bonds. The van der Waals surface area contributed by atoms with Gasteiger partial charge in [0.05, 0.1) is 19.4 Å². The highest BCUT2D eigenvalue weighted by Gasteiger charge is 2.16. The molecule has 0 aliphatic rings. The zero-order valence-electron chi connectivity index (χ0n) is 12.7. The number of benzene rings is 1. The van der Waals surface area contributed by atoms with E-state index >= 15 is 0 Å². The van der Waals surface area contributed by atoms with Crippen molar-refractivity contribution < 1.29 is 9.47 Å². The molecule has 0 aliphatic heterocycles. The molecule has 3 aromatic rings. The monoisotopic (exact) mass is 299 g/mol. The average molecular weight is 299 g/mol. The number of aryl methyl sites for hydroxylation is 1. The van der Waals surface area contributed by atoms with Gasteiger partial charge in [0, 0.05) is 24.4 Å².